The second-order valence-electron chi connectivity index (χ2n) is 15.7. The molecule has 1 nitrogen and oxygen atoms in total. The standard InChI is InChI=1S/C58H41NSi/c1-5-18-42(19-6-1)43-34-36-44(37-35-43)45-22-15-26-50(38-45)59(49-24-7-2-8-25-49)51-27-16-23-48(39-51)54-32-17-33-56-58(54)55-40-46-20-13-14-21-47(46)41-57(55)60(56,52-28-9-3-10-29-52)53-30-11-4-12-31-53/h1-41H. The van der Waals surface area contributed by atoms with E-state index in [4.69, 9.17) is 0 Å². The molecular weight excluding hydrogens is 739 g/mol. The number of fused-ring (bicyclic) bond motifs is 4. The third kappa shape index (κ3) is 6.00. The Labute approximate surface area is 353 Å². The SMILES string of the molecule is c1ccc(-c2ccc(-c3cccc(N(c4ccccc4)c4cccc(-c5cccc6c5-c5cc7ccccc7cc5[Si]6(c5ccccc5)c5ccccc5)c4)c3)cc2)cc1. The molecule has 10 aromatic rings. The van der Waals surface area contributed by atoms with Crippen molar-refractivity contribution >= 4 is 56.7 Å². The van der Waals surface area contributed by atoms with Crippen LogP contribution in [0.5, 0.6) is 0 Å². The predicted molar refractivity (Wildman–Crippen MR) is 258 cm³/mol. The van der Waals surface area contributed by atoms with Gasteiger partial charge in [0.2, 0.25) is 0 Å². The van der Waals surface area contributed by atoms with E-state index in [1.807, 2.05) is 0 Å². The van der Waals surface area contributed by atoms with Crippen molar-refractivity contribution in [2.75, 3.05) is 4.90 Å². The smallest absolute Gasteiger partial charge is 0.180 e. The van der Waals surface area contributed by atoms with Gasteiger partial charge in [-0.1, -0.05) is 206 Å². The van der Waals surface area contributed by atoms with Gasteiger partial charge < -0.3 is 4.90 Å². The second kappa shape index (κ2) is 15.0. The van der Waals surface area contributed by atoms with Crippen LogP contribution in [0, 0.1) is 0 Å². The molecular formula is C58H41NSi. The van der Waals surface area contributed by atoms with Gasteiger partial charge in [-0.2, -0.15) is 0 Å². The first-order valence-corrected chi connectivity index (χ1v) is 22.8. The number of nitrogens with zero attached hydrogens (tertiary/aromatic N) is 1. The molecule has 0 spiro atoms. The first-order chi connectivity index (χ1) is 29.8. The molecule has 0 radical (unpaired) electrons. The van der Waals surface area contributed by atoms with E-state index in [1.54, 1.807) is 0 Å². The molecule has 0 N–H and O–H groups in total. The van der Waals surface area contributed by atoms with E-state index in [-0.39, 0.29) is 0 Å². The van der Waals surface area contributed by atoms with E-state index in [1.165, 1.54) is 76.0 Å². The zero-order chi connectivity index (χ0) is 39.9. The van der Waals surface area contributed by atoms with Crippen LogP contribution in [0.3, 0.4) is 0 Å². The molecule has 2 heteroatoms. The fourth-order valence-corrected chi connectivity index (χ4v) is 14.8. The summed E-state index contributed by atoms with van der Waals surface area (Å²) in [6.07, 6.45) is 0. The first-order valence-electron chi connectivity index (χ1n) is 20.8. The molecule has 0 aromatic heterocycles. The fourth-order valence-electron chi connectivity index (χ4n) is 9.61. The molecule has 1 aliphatic rings. The molecule has 0 saturated carbocycles. The lowest BCUT2D eigenvalue weighted by Crippen LogP contribution is -2.72. The number of anilines is 3. The molecule has 11 rings (SSSR count). The highest BCUT2D eigenvalue weighted by Gasteiger charge is 2.49. The molecule has 0 amide bonds. The van der Waals surface area contributed by atoms with Crippen molar-refractivity contribution < 1.29 is 0 Å². The predicted octanol–water partition coefficient (Wildman–Crippen LogP) is 12.7. The summed E-state index contributed by atoms with van der Waals surface area (Å²) >= 11 is 0. The van der Waals surface area contributed by atoms with Gasteiger partial charge in [-0.15, -0.1) is 0 Å². The Morgan fingerprint density at radius 2 is 0.717 bits per heavy atom. The zero-order valence-electron chi connectivity index (χ0n) is 33.1. The summed E-state index contributed by atoms with van der Waals surface area (Å²) in [4.78, 5) is 2.39. The second-order valence-corrected chi connectivity index (χ2v) is 19.4. The Kier molecular flexibility index (Phi) is 8.91. The fraction of sp³-hybridized carbons (Fsp3) is 0. The van der Waals surface area contributed by atoms with Crippen molar-refractivity contribution in [2.24, 2.45) is 0 Å². The Hall–Kier alpha value is -7.52. The van der Waals surface area contributed by atoms with E-state index >= 15 is 0 Å². The van der Waals surface area contributed by atoms with Crippen LogP contribution >= 0.6 is 0 Å². The minimum absolute atomic E-state index is 1.11. The third-order valence-electron chi connectivity index (χ3n) is 12.3. The van der Waals surface area contributed by atoms with Crippen molar-refractivity contribution in [3.63, 3.8) is 0 Å². The van der Waals surface area contributed by atoms with E-state index < -0.39 is 8.07 Å². The average Bonchev–Trinajstić information content (AvgIpc) is 3.62. The molecule has 0 atom stereocenters. The van der Waals surface area contributed by atoms with E-state index in [0.29, 0.717) is 0 Å². The molecule has 0 unspecified atom stereocenters. The topological polar surface area (TPSA) is 3.24 Å². The van der Waals surface area contributed by atoms with Crippen LogP contribution in [-0.2, 0) is 0 Å². The van der Waals surface area contributed by atoms with Gasteiger partial charge in [-0.25, -0.2) is 0 Å². The maximum atomic E-state index is 2.51. The average molecular weight is 780 g/mol. The Morgan fingerprint density at radius 1 is 0.267 bits per heavy atom. The minimum atomic E-state index is -2.72. The van der Waals surface area contributed by atoms with Crippen molar-refractivity contribution in [3.05, 3.63) is 249 Å². The Morgan fingerprint density at radius 3 is 1.35 bits per heavy atom. The Balaban J connectivity index is 1.08. The van der Waals surface area contributed by atoms with Gasteiger partial charge in [-0.05, 0) is 118 Å². The van der Waals surface area contributed by atoms with Crippen molar-refractivity contribution in [2.45, 2.75) is 0 Å². The maximum absolute atomic E-state index is 2.72. The van der Waals surface area contributed by atoms with Crippen LogP contribution in [0.15, 0.2) is 249 Å². The van der Waals surface area contributed by atoms with Crippen LogP contribution in [0.1, 0.15) is 0 Å². The van der Waals surface area contributed by atoms with Gasteiger partial charge in [0, 0.05) is 17.1 Å². The molecule has 0 fully saturated rings. The van der Waals surface area contributed by atoms with Gasteiger partial charge in [0.15, 0.2) is 8.07 Å². The van der Waals surface area contributed by atoms with E-state index in [0.717, 1.165) is 17.1 Å². The monoisotopic (exact) mass is 779 g/mol. The van der Waals surface area contributed by atoms with Crippen LogP contribution in [0.4, 0.5) is 17.1 Å². The summed E-state index contributed by atoms with van der Waals surface area (Å²) < 4.78 is 0. The van der Waals surface area contributed by atoms with Gasteiger partial charge >= 0.3 is 0 Å². The quantitative estimate of drug-likeness (QED) is 0.139. The lowest BCUT2D eigenvalue weighted by atomic mass is 9.93. The van der Waals surface area contributed by atoms with Gasteiger partial charge in [0.1, 0.15) is 0 Å². The highest BCUT2D eigenvalue weighted by molar-refractivity contribution is 7.22. The Bertz CT molecular complexity index is 3080. The van der Waals surface area contributed by atoms with Crippen LogP contribution < -0.4 is 25.6 Å². The highest BCUT2D eigenvalue weighted by atomic mass is 28.3. The van der Waals surface area contributed by atoms with Crippen LogP contribution in [0.25, 0.3) is 55.3 Å². The molecule has 60 heavy (non-hydrogen) atoms. The summed E-state index contributed by atoms with van der Waals surface area (Å²) in [5.41, 5.74) is 13.3. The summed E-state index contributed by atoms with van der Waals surface area (Å²) in [5.74, 6) is 0. The number of hydrogen-bond acceptors (Lipinski definition) is 1. The van der Waals surface area contributed by atoms with Crippen molar-refractivity contribution in [1.29, 1.82) is 0 Å². The van der Waals surface area contributed by atoms with Crippen molar-refractivity contribution in [3.8, 4) is 44.5 Å². The third-order valence-corrected chi connectivity index (χ3v) is 17.1. The highest BCUT2D eigenvalue weighted by Crippen LogP contribution is 2.42. The first kappa shape index (κ1) is 35.6. The van der Waals surface area contributed by atoms with Crippen LogP contribution in [-0.4, -0.2) is 8.07 Å². The molecule has 1 heterocycles. The lowest BCUT2D eigenvalue weighted by molar-refractivity contribution is 1.28. The van der Waals surface area contributed by atoms with E-state index in [2.05, 4.69) is 254 Å². The summed E-state index contributed by atoms with van der Waals surface area (Å²) in [7, 11) is -2.72. The zero-order valence-corrected chi connectivity index (χ0v) is 34.1. The number of para-hydroxylation sites is 1. The lowest BCUT2D eigenvalue weighted by Gasteiger charge is -2.31. The summed E-state index contributed by atoms with van der Waals surface area (Å²) in [6.45, 7) is 0. The van der Waals surface area contributed by atoms with Gasteiger partial charge in [0.25, 0.3) is 0 Å². The van der Waals surface area contributed by atoms with Gasteiger partial charge in [0.05, 0.1) is 0 Å². The largest absolute Gasteiger partial charge is 0.310 e. The molecule has 1 aliphatic heterocycles. The maximum Gasteiger partial charge on any atom is 0.180 e. The number of benzene rings is 10. The summed E-state index contributed by atoms with van der Waals surface area (Å²) in [5, 5.41) is 8.26. The molecule has 0 saturated heterocycles. The number of hydrogen-bond donors (Lipinski definition) is 0. The molecule has 282 valence electrons. The summed E-state index contributed by atoms with van der Waals surface area (Å²) in [6, 6.07) is 91.8. The molecule has 0 bridgehead atoms. The van der Waals surface area contributed by atoms with Crippen molar-refractivity contribution in [1.82, 2.24) is 0 Å². The normalized spacial score (nSPS) is 12.5. The van der Waals surface area contributed by atoms with E-state index in [9.17, 15) is 0 Å². The van der Waals surface area contributed by atoms with Gasteiger partial charge in [-0.3, -0.25) is 0 Å². The van der Waals surface area contributed by atoms with Crippen LogP contribution in [0.2, 0.25) is 0 Å². The molecule has 0 aliphatic carbocycles. The number of rotatable bonds is 8. The molecule has 10 aromatic carbocycles. The minimum Gasteiger partial charge on any atom is -0.310 e.